The van der Waals surface area contributed by atoms with Crippen molar-refractivity contribution in [3.05, 3.63) is 144 Å². The lowest BCUT2D eigenvalue weighted by atomic mass is 10.1. The molecule has 1 amide bonds. The Morgan fingerprint density at radius 1 is 0.675 bits per heavy atom. The maximum Gasteiger partial charge on any atom is 0.273 e. The molecule has 0 radical (unpaired) electrons. The highest BCUT2D eigenvalue weighted by atomic mass is 16.5. The number of H-pyrrole nitrogens is 1. The van der Waals surface area contributed by atoms with Crippen LogP contribution < -0.4 is 14.8 Å². The Hall–Kier alpha value is -5.36. The van der Waals surface area contributed by atoms with Gasteiger partial charge in [-0.05, 0) is 52.2 Å². The summed E-state index contributed by atoms with van der Waals surface area (Å²) < 4.78 is 12.3. The van der Waals surface area contributed by atoms with Crippen molar-refractivity contribution in [2.75, 3.05) is 5.32 Å². The number of nitrogens with zero attached hydrogens (tertiary/aromatic N) is 1. The van der Waals surface area contributed by atoms with Gasteiger partial charge in [0.15, 0.2) is 0 Å². The van der Waals surface area contributed by atoms with Gasteiger partial charge in [0.1, 0.15) is 30.4 Å². The molecular weight excluding hydrogens is 498 g/mol. The summed E-state index contributed by atoms with van der Waals surface area (Å²) in [5.74, 6) is 1.02. The van der Waals surface area contributed by atoms with E-state index in [0.29, 0.717) is 41.8 Å². The van der Waals surface area contributed by atoms with E-state index in [2.05, 4.69) is 15.5 Å². The van der Waals surface area contributed by atoms with Crippen molar-refractivity contribution in [1.29, 1.82) is 0 Å². The lowest BCUT2D eigenvalue weighted by molar-refractivity contribution is 0.102. The van der Waals surface area contributed by atoms with Crippen LogP contribution >= 0.6 is 0 Å². The van der Waals surface area contributed by atoms with Crippen LogP contribution in [0.1, 0.15) is 21.6 Å². The molecule has 0 aliphatic rings. The number of hydrogen-bond donors (Lipinski definition) is 2. The first kappa shape index (κ1) is 24.9. The van der Waals surface area contributed by atoms with Crippen molar-refractivity contribution in [2.24, 2.45) is 0 Å². The number of fused-ring (bicyclic) bond motifs is 1. The second kappa shape index (κ2) is 11.6. The fraction of sp³-hybridized carbons (Fsp3) is 0.0588. The first-order chi connectivity index (χ1) is 19.7. The smallest absolute Gasteiger partial charge is 0.273 e. The third kappa shape index (κ3) is 5.87. The molecule has 5 aromatic carbocycles. The molecule has 0 spiro atoms. The van der Waals surface area contributed by atoms with Gasteiger partial charge in [-0.1, -0.05) is 91.0 Å². The summed E-state index contributed by atoms with van der Waals surface area (Å²) in [7, 11) is 0. The molecule has 0 fully saturated rings. The van der Waals surface area contributed by atoms with Gasteiger partial charge in [0, 0.05) is 17.3 Å². The molecule has 0 bridgehead atoms. The van der Waals surface area contributed by atoms with Crippen LogP contribution in [0.25, 0.3) is 22.0 Å². The van der Waals surface area contributed by atoms with E-state index in [1.807, 2.05) is 121 Å². The van der Waals surface area contributed by atoms with Gasteiger partial charge < -0.3 is 14.8 Å². The van der Waals surface area contributed by atoms with Gasteiger partial charge in [0.05, 0.1) is 5.69 Å². The van der Waals surface area contributed by atoms with E-state index in [-0.39, 0.29) is 5.91 Å². The molecule has 0 aliphatic heterocycles. The third-order valence-electron chi connectivity index (χ3n) is 6.54. The number of nitrogens with one attached hydrogen (secondary N) is 2. The maximum atomic E-state index is 13.0. The number of rotatable bonds is 9. The van der Waals surface area contributed by atoms with E-state index in [1.165, 1.54) is 0 Å². The summed E-state index contributed by atoms with van der Waals surface area (Å²) >= 11 is 0. The summed E-state index contributed by atoms with van der Waals surface area (Å²) in [4.78, 5) is 13.0. The predicted octanol–water partition coefficient (Wildman–Crippen LogP) is 7.64. The minimum Gasteiger partial charge on any atom is -0.489 e. The summed E-state index contributed by atoms with van der Waals surface area (Å²) in [6, 6.07) is 41.2. The number of anilines is 1. The highest BCUT2D eigenvalue weighted by molar-refractivity contribution is 6.04. The van der Waals surface area contributed by atoms with Crippen LogP contribution in [0.5, 0.6) is 11.5 Å². The molecule has 0 unspecified atom stereocenters. The number of amides is 1. The van der Waals surface area contributed by atoms with E-state index < -0.39 is 0 Å². The Bertz CT molecular complexity index is 1750. The molecule has 0 aliphatic carbocycles. The largest absolute Gasteiger partial charge is 0.489 e. The SMILES string of the molecule is O=C(Nc1ccc2ccccc2c1)c1cc(-c2ccc(OCc3ccccc3)cc2OCc2ccccc2)n[nH]1. The standard InChI is InChI=1S/C34H27N3O3/c38-34(35-28-16-15-26-13-7-8-14-27(26)19-28)32-21-31(36-37-32)30-18-17-29(39-22-24-9-3-1-4-10-24)20-33(30)40-23-25-11-5-2-6-12-25/h1-21H,22-23H2,(H,35,38)(H,36,37). The molecule has 6 rings (SSSR count). The summed E-state index contributed by atoms with van der Waals surface area (Å²) in [5.41, 5.74) is 4.53. The predicted molar refractivity (Wildman–Crippen MR) is 157 cm³/mol. The van der Waals surface area contributed by atoms with Gasteiger partial charge >= 0.3 is 0 Å². The molecular formula is C34H27N3O3. The molecule has 6 aromatic rings. The number of benzene rings is 5. The van der Waals surface area contributed by atoms with Crippen molar-refractivity contribution in [3.63, 3.8) is 0 Å². The van der Waals surface area contributed by atoms with E-state index in [4.69, 9.17) is 9.47 Å². The number of aromatic amines is 1. The molecule has 0 saturated heterocycles. The highest BCUT2D eigenvalue weighted by Gasteiger charge is 2.16. The first-order valence-corrected chi connectivity index (χ1v) is 13.0. The molecule has 6 nitrogen and oxygen atoms in total. The van der Waals surface area contributed by atoms with Crippen molar-refractivity contribution < 1.29 is 14.3 Å². The van der Waals surface area contributed by atoms with Crippen LogP contribution in [-0.2, 0) is 13.2 Å². The monoisotopic (exact) mass is 525 g/mol. The molecule has 0 atom stereocenters. The maximum absolute atomic E-state index is 13.0. The lowest BCUT2D eigenvalue weighted by Crippen LogP contribution is -2.12. The summed E-state index contributed by atoms with van der Waals surface area (Å²) in [5, 5.41) is 12.4. The van der Waals surface area contributed by atoms with Crippen LogP contribution in [0.4, 0.5) is 5.69 Å². The zero-order valence-electron chi connectivity index (χ0n) is 21.7. The van der Waals surface area contributed by atoms with Gasteiger partial charge in [0.2, 0.25) is 0 Å². The zero-order chi connectivity index (χ0) is 27.1. The van der Waals surface area contributed by atoms with Crippen LogP contribution in [0, 0.1) is 0 Å². The second-order valence-electron chi connectivity index (χ2n) is 9.39. The molecule has 2 N–H and O–H groups in total. The Balaban J connectivity index is 1.23. The third-order valence-corrected chi connectivity index (χ3v) is 6.54. The normalized spacial score (nSPS) is 10.8. The van der Waals surface area contributed by atoms with Crippen molar-refractivity contribution >= 4 is 22.4 Å². The van der Waals surface area contributed by atoms with Crippen LogP contribution in [-0.4, -0.2) is 16.1 Å². The molecule has 40 heavy (non-hydrogen) atoms. The van der Waals surface area contributed by atoms with Crippen LogP contribution in [0.2, 0.25) is 0 Å². The number of ether oxygens (including phenoxy) is 2. The van der Waals surface area contributed by atoms with Crippen molar-refractivity contribution in [2.45, 2.75) is 13.2 Å². The average molecular weight is 526 g/mol. The molecule has 6 heteroatoms. The van der Waals surface area contributed by atoms with E-state index in [0.717, 1.165) is 27.5 Å². The highest BCUT2D eigenvalue weighted by Crippen LogP contribution is 2.34. The van der Waals surface area contributed by atoms with Crippen LogP contribution in [0.3, 0.4) is 0 Å². The topological polar surface area (TPSA) is 76.2 Å². The van der Waals surface area contributed by atoms with E-state index in [9.17, 15) is 4.79 Å². The Kier molecular flexibility index (Phi) is 7.22. The quantitative estimate of drug-likeness (QED) is 0.203. The van der Waals surface area contributed by atoms with Crippen molar-refractivity contribution in [1.82, 2.24) is 10.2 Å². The van der Waals surface area contributed by atoms with E-state index in [1.54, 1.807) is 6.07 Å². The molecule has 0 saturated carbocycles. The average Bonchev–Trinajstić information content (AvgIpc) is 3.50. The number of aromatic nitrogens is 2. The Morgan fingerprint density at radius 3 is 2.10 bits per heavy atom. The summed E-state index contributed by atoms with van der Waals surface area (Å²) in [6.45, 7) is 0.829. The Morgan fingerprint density at radius 2 is 1.35 bits per heavy atom. The van der Waals surface area contributed by atoms with Gasteiger partial charge in [-0.3, -0.25) is 9.89 Å². The second-order valence-corrected chi connectivity index (χ2v) is 9.39. The Labute approximate surface area is 232 Å². The van der Waals surface area contributed by atoms with Crippen LogP contribution in [0.15, 0.2) is 127 Å². The number of carbonyl (C=O) groups is 1. The summed E-state index contributed by atoms with van der Waals surface area (Å²) in [6.07, 6.45) is 0. The van der Waals surface area contributed by atoms with Gasteiger partial charge in [-0.15, -0.1) is 0 Å². The molecule has 1 heterocycles. The van der Waals surface area contributed by atoms with Gasteiger partial charge in [-0.2, -0.15) is 5.10 Å². The number of carbonyl (C=O) groups excluding carboxylic acids is 1. The van der Waals surface area contributed by atoms with E-state index >= 15 is 0 Å². The van der Waals surface area contributed by atoms with Crippen molar-refractivity contribution in [3.8, 4) is 22.8 Å². The fourth-order valence-electron chi connectivity index (χ4n) is 4.44. The fourth-order valence-corrected chi connectivity index (χ4v) is 4.44. The minimum atomic E-state index is -0.274. The minimum absolute atomic E-state index is 0.274. The molecule has 196 valence electrons. The zero-order valence-corrected chi connectivity index (χ0v) is 21.7. The van der Waals surface area contributed by atoms with Gasteiger partial charge in [0.25, 0.3) is 5.91 Å². The van der Waals surface area contributed by atoms with Gasteiger partial charge in [-0.25, -0.2) is 0 Å². The number of hydrogen-bond acceptors (Lipinski definition) is 4. The molecule has 1 aromatic heterocycles. The first-order valence-electron chi connectivity index (χ1n) is 13.0. The lowest BCUT2D eigenvalue weighted by Gasteiger charge is -2.13.